The molecular formula is C20H32N3O5S+. The van der Waals surface area contributed by atoms with Crippen molar-refractivity contribution in [1.82, 2.24) is 9.62 Å². The third-order valence-electron chi connectivity index (χ3n) is 6.06. The zero-order chi connectivity index (χ0) is 21.0. The summed E-state index contributed by atoms with van der Waals surface area (Å²) in [6, 6.07) is 4.75. The number of hydrogen-bond donors (Lipinski definition) is 2. The Bertz CT molecular complexity index is 815. The Labute approximate surface area is 173 Å². The van der Waals surface area contributed by atoms with E-state index in [4.69, 9.17) is 9.47 Å². The zero-order valence-corrected chi connectivity index (χ0v) is 18.3. The van der Waals surface area contributed by atoms with E-state index >= 15 is 0 Å². The van der Waals surface area contributed by atoms with Crippen LogP contribution in [0.3, 0.4) is 0 Å². The van der Waals surface area contributed by atoms with Crippen molar-refractivity contribution in [2.24, 2.45) is 0 Å². The minimum absolute atomic E-state index is 0.0723. The molecule has 1 heterocycles. The van der Waals surface area contributed by atoms with Crippen LogP contribution in [-0.4, -0.2) is 71.1 Å². The number of ether oxygens (including phenoxy) is 2. The number of piperazine rings is 1. The minimum Gasteiger partial charge on any atom is -0.493 e. The van der Waals surface area contributed by atoms with E-state index in [0.29, 0.717) is 43.7 Å². The predicted molar refractivity (Wildman–Crippen MR) is 109 cm³/mol. The van der Waals surface area contributed by atoms with Crippen LogP contribution < -0.4 is 19.7 Å². The van der Waals surface area contributed by atoms with E-state index in [1.54, 1.807) is 6.07 Å². The first-order valence-electron chi connectivity index (χ1n) is 10.2. The zero-order valence-electron chi connectivity index (χ0n) is 17.4. The molecule has 1 aromatic carbocycles. The standard InChI is InChI=1S/C20H31N3O5S/c1-15(20(24)21-16-6-4-5-7-16)22-10-12-23(13-11-22)29(25,26)17-8-9-18(27-2)19(14-17)28-3/h8-9,14-16H,4-7,10-13H2,1-3H3,(H,21,24)/p+1/t15-/m1/s1. The molecule has 0 radical (unpaired) electrons. The number of nitrogens with one attached hydrogen (secondary N) is 2. The molecule has 162 valence electrons. The summed E-state index contributed by atoms with van der Waals surface area (Å²) in [4.78, 5) is 13.8. The van der Waals surface area contributed by atoms with Crippen LogP contribution in [0, 0.1) is 0 Å². The molecule has 1 amide bonds. The Hall–Kier alpha value is -1.84. The molecule has 0 unspecified atom stereocenters. The normalized spacial score (nSPS) is 20.4. The highest BCUT2D eigenvalue weighted by atomic mass is 32.2. The molecule has 1 aliphatic heterocycles. The smallest absolute Gasteiger partial charge is 0.278 e. The van der Waals surface area contributed by atoms with Gasteiger partial charge in [-0.15, -0.1) is 0 Å². The summed E-state index contributed by atoms with van der Waals surface area (Å²) in [6.07, 6.45) is 4.48. The Kier molecular flexibility index (Phi) is 7.02. The Morgan fingerprint density at radius 3 is 2.34 bits per heavy atom. The van der Waals surface area contributed by atoms with Crippen LogP contribution in [0.15, 0.2) is 23.1 Å². The van der Waals surface area contributed by atoms with Gasteiger partial charge in [-0.2, -0.15) is 4.31 Å². The van der Waals surface area contributed by atoms with Gasteiger partial charge in [0.05, 0.1) is 45.3 Å². The highest BCUT2D eigenvalue weighted by molar-refractivity contribution is 7.89. The first-order chi connectivity index (χ1) is 13.9. The van der Waals surface area contributed by atoms with Gasteiger partial charge in [-0.05, 0) is 31.9 Å². The van der Waals surface area contributed by atoms with Crippen LogP contribution in [0.25, 0.3) is 0 Å². The van der Waals surface area contributed by atoms with Crippen LogP contribution in [-0.2, 0) is 14.8 Å². The minimum atomic E-state index is -3.62. The molecular weight excluding hydrogens is 394 g/mol. The van der Waals surface area contributed by atoms with Crippen molar-refractivity contribution in [2.45, 2.75) is 49.6 Å². The Morgan fingerprint density at radius 1 is 1.14 bits per heavy atom. The fourth-order valence-electron chi connectivity index (χ4n) is 4.15. The topological polar surface area (TPSA) is 89.4 Å². The number of carbonyl (C=O) groups is 1. The summed E-state index contributed by atoms with van der Waals surface area (Å²) in [5, 5.41) is 3.15. The number of nitrogens with zero attached hydrogens (tertiary/aromatic N) is 1. The van der Waals surface area contributed by atoms with Crippen molar-refractivity contribution in [3.8, 4) is 11.5 Å². The van der Waals surface area contributed by atoms with Crippen LogP contribution in [0.1, 0.15) is 32.6 Å². The van der Waals surface area contributed by atoms with Gasteiger partial charge in [0.25, 0.3) is 5.91 Å². The van der Waals surface area contributed by atoms with Crippen molar-refractivity contribution in [2.75, 3.05) is 40.4 Å². The van der Waals surface area contributed by atoms with E-state index in [-0.39, 0.29) is 16.8 Å². The number of methoxy groups -OCH3 is 2. The third kappa shape index (κ3) is 4.84. The van der Waals surface area contributed by atoms with E-state index in [1.807, 2.05) is 6.92 Å². The molecule has 0 aromatic heterocycles. The van der Waals surface area contributed by atoms with Crippen LogP contribution in [0.4, 0.5) is 0 Å². The quantitative estimate of drug-likeness (QED) is 0.643. The molecule has 8 nitrogen and oxygen atoms in total. The number of sulfonamides is 1. The second-order valence-electron chi connectivity index (χ2n) is 7.79. The lowest BCUT2D eigenvalue weighted by atomic mass is 10.2. The highest BCUT2D eigenvalue weighted by Gasteiger charge is 2.35. The first-order valence-corrected chi connectivity index (χ1v) is 11.7. The monoisotopic (exact) mass is 426 g/mol. The van der Waals surface area contributed by atoms with Gasteiger partial charge in [0.2, 0.25) is 10.0 Å². The summed E-state index contributed by atoms with van der Waals surface area (Å²) >= 11 is 0. The maximum atomic E-state index is 13.0. The number of rotatable bonds is 7. The second-order valence-corrected chi connectivity index (χ2v) is 9.73. The second kappa shape index (κ2) is 9.32. The van der Waals surface area contributed by atoms with E-state index in [9.17, 15) is 13.2 Å². The van der Waals surface area contributed by atoms with Gasteiger partial charge >= 0.3 is 0 Å². The van der Waals surface area contributed by atoms with Crippen LogP contribution >= 0.6 is 0 Å². The number of amides is 1. The number of benzene rings is 1. The van der Waals surface area contributed by atoms with Gasteiger partial charge in [0.15, 0.2) is 17.5 Å². The molecule has 3 rings (SSSR count). The molecule has 9 heteroatoms. The van der Waals surface area contributed by atoms with Gasteiger partial charge in [0, 0.05) is 12.1 Å². The van der Waals surface area contributed by atoms with Crippen LogP contribution in [0.5, 0.6) is 11.5 Å². The fraction of sp³-hybridized carbons (Fsp3) is 0.650. The van der Waals surface area contributed by atoms with Gasteiger partial charge in [-0.3, -0.25) is 4.79 Å². The van der Waals surface area contributed by atoms with Crippen molar-refractivity contribution in [1.29, 1.82) is 0 Å². The Balaban J connectivity index is 1.61. The first kappa shape index (κ1) is 21.9. The van der Waals surface area contributed by atoms with Gasteiger partial charge < -0.3 is 19.7 Å². The van der Waals surface area contributed by atoms with Gasteiger partial charge in [0.1, 0.15) is 0 Å². The summed E-state index contributed by atoms with van der Waals surface area (Å²) < 4.78 is 38.0. The average Bonchev–Trinajstić information content (AvgIpc) is 3.25. The molecule has 1 saturated heterocycles. The summed E-state index contributed by atoms with van der Waals surface area (Å²) in [5.41, 5.74) is 0. The molecule has 29 heavy (non-hydrogen) atoms. The molecule has 1 saturated carbocycles. The van der Waals surface area contributed by atoms with Gasteiger partial charge in [-0.1, -0.05) is 12.8 Å². The lowest BCUT2D eigenvalue weighted by Gasteiger charge is -2.34. The highest BCUT2D eigenvalue weighted by Crippen LogP contribution is 2.30. The molecule has 2 aliphatic rings. The molecule has 2 fully saturated rings. The molecule has 1 atom stereocenters. The summed E-state index contributed by atoms with van der Waals surface area (Å²) in [6.45, 7) is 3.90. The van der Waals surface area contributed by atoms with E-state index < -0.39 is 10.0 Å². The summed E-state index contributed by atoms with van der Waals surface area (Å²) in [5.74, 6) is 0.945. The van der Waals surface area contributed by atoms with E-state index in [2.05, 4.69) is 5.32 Å². The predicted octanol–water partition coefficient (Wildman–Crippen LogP) is 0.0403. The molecule has 1 aromatic rings. The molecule has 2 N–H and O–H groups in total. The van der Waals surface area contributed by atoms with E-state index in [1.165, 1.54) is 43.5 Å². The third-order valence-corrected chi connectivity index (χ3v) is 7.96. The lowest BCUT2D eigenvalue weighted by Crippen LogP contribution is -3.19. The summed E-state index contributed by atoms with van der Waals surface area (Å²) in [7, 11) is -0.631. The largest absolute Gasteiger partial charge is 0.493 e. The maximum Gasteiger partial charge on any atom is 0.278 e. The fourth-order valence-corrected chi connectivity index (χ4v) is 5.61. The number of carbonyl (C=O) groups excluding carboxylic acids is 1. The molecule has 0 bridgehead atoms. The van der Waals surface area contributed by atoms with Gasteiger partial charge in [-0.25, -0.2) is 8.42 Å². The van der Waals surface area contributed by atoms with Crippen molar-refractivity contribution < 1.29 is 27.6 Å². The Morgan fingerprint density at radius 2 is 1.76 bits per heavy atom. The SMILES string of the molecule is COc1ccc(S(=O)(=O)N2CC[NH+]([C@H](C)C(=O)NC3CCCC3)CC2)cc1OC. The maximum absolute atomic E-state index is 13.0. The molecule has 1 aliphatic carbocycles. The number of hydrogen-bond acceptors (Lipinski definition) is 5. The van der Waals surface area contributed by atoms with E-state index in [0.717, 1.165) is 17.7 Å². The average molecular weight is 427 g/mol. The number of quaternary nitrogens is 1. The van der Waals surface area contributed by atoms with Crippen LogP contribution in [0.2, 0.25) is 0 Å². The van der Waals surface area contributed by atoms with Crippen molar-refractivity contribution in [3.63, 3.8) is 0 Å². The molecule has 0 spiro atoms. The van der Waals surface area contributed by atoms with Crippen molar-refractivity contribution in [3.05, 3.63) is 18.2 Å². The van der Waals surface area contributed by atoms with Crippen molar-refractivity contribution >= 4 is 15.9 Å². The lowest BCUT2D eigenvalue weighted by molar-refractivity contribution is -0.917.